The van der Waals surface area contributed by atoms with Gasteiger partial charge in [0, 0.05) is 44.5 Å². The Morgan fingerprint density at radius 3 is 1.94 bits per heavy atom. The minimum Gasteiger partial charge on any atom is -0.464 e. The first kappa shape index (κ1) is 30.4. The minimum absolute atomic E-state index is 0.248. The Balaban J connectivity index is 0.997. The van der Waals surface area contributed by atoms with Crippen molar-refractivity contribution in [1.82, 2.24) is 4.57 Å². The highest BCUT2D eigenvalue weighted by molar-refractivity contribution is 6.14. The van der Waals surface area contributed by atoms with E-state index in [4.69, 9.17) is 9.15 Å². The Morgan fingerprint density at radius 1 is 0.481 bits per heavy atom. The van der Waals surface area contributed by atoms with E-state index in [1.807, 2.05) is 30.3 Å². The van der Waals surface area contributed by atoms with E-state index in [0.29, 0.717) is 0 Å². The molecule has 5 nitrogen and oxygen atoms in total. The topological polar surface area (TPSA) is 42.6 Å². The molecule has 1 N–H and O–H groups in total. The van der Waals surface area contributed by atoms with Crippen LogP contribution in [0.1, 0.15) is 11.8 Å². The van der Waals surface area contributed by atoms with Gasteiger partial charge in [-0.05, 0) is 90.0 Å². The summed E-state index contributed by atoms with van der Waals surface area (Å²) >= 11 is 0. The quantitative estimate of drug-likeness (QED) is 0.188. The van der Waals surface area contributed by atoms with Gasteiger partial charge in [-0.3, -0.25) is 0 Å². The zero-order chi connectivity index (χ0) is 35.6. The van der Waals surface area contributed by atoms with E-state index in [9.17, 15) is 0 Å². The van der Waals surface area contributed by atoms with Crippen molar-refractivity contribution in [2.75, 3.05) is 10.2 Å². The number of hydrogen-bond donors (Lipinski definition) is 1. The lowest BCUT2D eigenvalue weighted by Gasteiger charge is -2.26. The highest BCUT2D eigenvalue weighted by atomic mass is 16.5. The SMILES string of the molecule is c1ccc(C2Nc3c(ccc4oc5ccc(-c6ccc(N(c7ccccc7)c7ccc8c9ccccc9n(-c9ccccc9)c8c7)cc6)cc5c34)O2)cc1. The second-order valence-electron chi connectivity index (χ2n) is 13.8. The molecule has 0 saturated carbocycles. The summed E-state index contributed by atoms with van der Waals surface area (Å²) < 4.78 is 15.1. The maximum Gasteiger partial charge on any atom is 0.196 e. The van der Waals surface area contributed by atoms with Gasteiger partial charge in [0.05, 0.1) is 22.1 Å². The highest BCUT2D eigenvalue weighted by Gasteiger charge is 2.27. The smallest absolute Gasteiger partial charge is 0.196 e. The normalized spacial score (nSPS) is 13.7. The summed E-state index contributed by atoms with van der Waals surface area (Å²) in [4.78, 5) is 2.33. The number of para-hydroxylation sites is 3. The molecule has 1 aliphatic rings. The van der Waals surface area contributed by atoms with Gasteiger partial charge in [0.1, 0.15) is 16.9 Å². The molecule has 10 aromatic rings. The molecule has 3 heterocycles. The first-order valence-corrected chi connectivity index (χ1v) is 18.3. The summed E-state index contributed by atoms with van der Waals surface area (Å²) in [5.74, 6) is 0.831. The van der Waals surface area contributed by atoms with E-state index in [1.54, 1.807) is 0 Å². The van der Waals surface area contributed by atoms with Crippen molar-refractivity contribution < 1.29 is 9.15 Å². The fourth-order valence-electron chi connectivity index (χ4n) is 8.12. The maximum atomic E-state index is 6.35. The number of nitrogens with one attached hydrogen (secondary N) is 1. The molecule has 0 saturated heterocycles. The van der Waals surface area contributed by atoms with Gasteiger partial charge in [-0.1, -0.05) is 109 Å². The van der Waals surface area contributed by atoms with Crippen molar-refractivity contribution >= 4 is 66.5 Å². The molecule has 54 heavy (non-hydrogen) atoms. The molecule has 256 valence electrons. The van der Waals surface area contributed by atoms with Gasteiger partial charge in [0.2, 0.25) is 0 Å². The summed E-state index contributed by atoms with van der Waals surface area (Å²) in [7, 11) is 0. The molecule has 11 rings (SSSR count). The number of nitrogens with zero attached hydrogens (tertiary/aromatic N) is 2. The molecular formula is C49H33N3O2. The molecule has 0 fully saturated rings. The van der Waals surface area contributed by atoms with Crippen LogP contribution in [-0.2, 0) is 0 Å². The average molecular weight is 696 g/mol. The van der Waals surface area contributed by atoms with Crippen molar-refractivity contribution in [2.24, 2.45) is 0 Å². The number of benzene rings is 8. The monoisotopic (exact) mass is 695 g/mol. The van der Waals surface area contributed by atoms with E-state index in [1.165, 1.54) is 21.8 Å². The second-order valence-corrected chi connectivity index (χ2v) is 13.8. The van der Waals surface area contributed by atoms with E-state index >= 15 is 0 Å². The minimum atomic E-state index is -0.248. The zero-order valence-electron chi connectivity index (χ0n) is 29.2. The summed E-state index contributed by atoms with van der Waals surface area (Å²) in [6.45, 7) is 0. The summed E-state index contributed by atoms with van der Waals surface area (Å²) in [5, 5.41) is 8.19. The lowest BCUT2D eigenvalue weighted by molar-refractivity contribution is 0.260. The number of rotatable bonds is 6. The number of furan rings is 1. The fraction of sp³-hybridized carbons (Fsp3) is 0.0204. The molecule has 1 aliphatic heterocycles. The lowest BCUT2D eigenvalue weighted by atomic mass is 10.0. The highest BCUT2D eigenvalue weighted by Crippen LogP contribution is 2.47. The van der Waals surface area contributed by atoms with E-state index < -0.39 is 0 Å². The van der Waals surface area contributed by atoms with Gasteiger partial charge in [-0.2, -0.15) is 0 Å². The van der Waals surface area contributed by atoms with Crippen LogP contribution in [0.2, 0.25) is 0 Å². The third-order valence-corrected chi connectivity index (χ3v) is 10.6. The standard InChI is InChI=1S/C49H33N3O2/c1-4-12-33(13-5-1)49-50-48-46(54-49)29-28-45-47(48)41-30-34(22-27-44(41)53-45)32-20-23-37(24-21-32)51(35-14-6-2-7-15-35)38-25-26-40-39-18-10-11-19-42(39)52(43(40)31-38)36-16-8-3-9-17-36/h1-31,49-50H. The van der Waals surface area contributed by atoms with Gasteiger partial charge >= 0.3 is 0 Å². The number of anilines is 4. The third kappa shape index (κ3) is 4.86. The number of ether oxygens (including phenoxy) is 1. The first-order chi connectivity index (χ1) is 26.8. The predicted octanol–water partition coefficient (Wildman–Crippen LogP) is 13.3. The van der Waals surface area contributed by atoms with E-state index in [-0.39, 0.29) is 6.23 Å². The Labute approximate surface area is 311 Å². The zero-order valence-corrected chi connectivity index (χ0v) is 29.2. The van der Waals surface area contributed by atoms with Crippen LogP contribution in [0.5, 0.6) is 5.75 Å². The van der Waals surface area contributed by atoms with Crippen LogP contribution in [0.25, 0.3) is 60.6 Å². The molecule has 1 unspecified atom stereocenters. The van der Waals surface area contributed by atoms with Gasteiger partial charge in [-0.25, -0.2) is 0 Å². The van der Waals surface area contributed by atoms with Crippen LogP contribution in [-0.4, -0.2) is 4.57 Å². The van der Waals surface area contributed by atoms with Crippen molar-refractivity contribution in [3.8, 4) is 22.6 Å². The largest absolute Gasteiger partial charge is 0.464 e. The molecule has 0 bridgehead atoms. The Bertz CT molecular complexity index is 2990. The summed E-state index contributed by atoms with van der Waals surface area (Å²) in [5.41, 5.74) is 12.7. The van der Waals surface area contributed by atoms with Gasteiger partial charge in [0.25, 0.3) is 0 Å². The van der Waals surface area contributed by atoms with E-state index in [2.05, 4.69) is 173 Å². The number of aromatic nitrogens is 1. The van der Waals surface area contributed by atoms with Crippen LogP contribution in [0.4, 0.5) is 22.7 Å². The second kappa shape index (κ2) is 12.2. The Hall–Kier alpha value is -7.24. The lowest BCUT2D eigenvalue weighted by Crippen LogP contribution is -2.10. The van der Waals surface area contributed by atoms with Crippen LogP contribution in [0.15, 0.2) is 192 Å². The number of fused-ring (bicyclic) bond motifs is 8. The molecule has 0 radical (unpaired) electrons. The first-order valence-electron chi connectivity index (χ1n) is 18.3. The molecular weight excluding hydrogens is 663 g/mol. The maximum absolute atomic E-state index is 6.35. The molecule has 2 aromatic heterocycles. The number of hydrogen-bond acceptors (Lipinski definition) is 4. The third-order valence-electron chi connectivity index (χ3n) is 10.6. The summed E-state index contributed by atoms with van der Waals surface area (Å²) in [6.07, 6.45) is -0.248. The van der Waals surface area contributed by atoms with Crippen molar-refractivity contribution in [1.29, 1.82) is 0 Å². The Morgan fingerprint density at radius 2 is 1.13 bits per heavy atom. The van der Waals surface area contributed by atoms with Crippen LogP contribution in [0, 0.1) is 0 Å². The van der Waals surface area contributed by atoms with Gasteiger partial charge in [0.15, 0.2) is 6.23 Å². The predicted molar refractivity (Wildman–Crippen MR) is 222 cm³/mol. The molecule has 0 amide bonds. The van der Waals surface area contributed by atoms with Crippen LogP contribution >= 0.6 is 0 Å². The molecule has 0 spiro atoms. The molecule has 5 heteroatoms. The van der Waals surface area contributed by atoms with Crippen molar-refractivity contribution in [3.05, 3.63) is 194 Å². The van der Waals surface area contributed by atoms with Gasteiger partial charge in [-0.15, -0.1) is 0 Å². The average Bonchev–Trinajstić information content (AvgIpc) is 3.94. The summed E-state index contributed by atoms with van der Waals surface area (Å²) in [6, 6.07) is 66.3. The van der Waals surface area contributed by atoms with Gasteiger partial charge < -0.3 is 23.9 Å². The van der Waals surface area contributed by atoms with Crippen LogP contribution < -0.4 is 15.0 Å². The molecule has 1 atom stereocenters. The van der Waals surface area contributed by atoms with Crippen molar-refractivity contribution in [2.45, 2.75) is 6.23 Å². The van der Waals surface area contributed by atoms with E-state index in [0.717, 1.165) is 72.8 Å². The molecule has 0 aliphatic carbocycles. The van der Waals surface area contributed by atoms with Crippen LogP contribution in [0.3, 0.4) is 0 Å². The Kier molecular flexibility index (Phi) is 6.85. The molecule has 8 aromatic carbocycles. The fourth-order valence-corrected chi connectivity index (χ4v) is 8.12. The van der Waals surface area contributed by atoms with Crippen molar-refractivity contribution in [3.63, 3.8) is 0 Å².